The Bertz CT molecular complexity index is 448. The van der Waals surface area contributed by atoms with Gasteiger partial charge in [-0.1, -0.05) is 26.8 Å². The summed E-state index contributed by atoms with van der Waals surface area (Å²) in [5.41, 5.74) is 1.25. The Morgan fingerprint density at radius 3 is 2.75 bits per heavy atom. The van der Waals surface area contributed by atoms with Gasteiger partial charge in [0.15, 0.2) is 0 Å². The van der Waals surface area contributed by atoms with Gasteiger partial charge in [-0.05, 0) is 42.7 Å². The summed E-state index contributed by atoms with van der Waals surface area (Å²) < 4.78 is 28.9. The summed E-state index contributed by atoms with van der Waals surface area (Å²) in [4.78, 5) is 0. The summed E-state index contributed by atoms with van der Waals surface area (Å²) in [6.45, 7) is 4.07. The third kappa shape index (κ3) is 4.09. The van der Waals surface area contributed by atoms with Crippen LogP contribution in [0.15, 0.2) is 24.3 Å². The molecule has 20 heavy (non-hydrogen) atoms. The van der Waals surface area contributed by atoms with E-state index in [-0.39, 0.29) is 5.75 Å². The number of anilines is 1. The quantitative estimate of drug-likeness (QED) is 0.847. The van der Waals surface area contributed by atoms with Crippen LogP contribution in [0.1, 0.15) is 40.0 Å². The largest absolute Gasteiger partial charge is 0.435 e. The minimum absolute atomic E-state index is 0.203. The molecule has 1 N–H and O–H groups in total. The molecule has 2 unspecified atom stereocenters. The van der Waals surface area contributed by atoms with Crippen LogP contribution in [-0.2, 0) is 0 Å². The SMILES string of the molecule is CC1CC(C)(C)CCC1Nc1cccc(OC(F)F)c1. The maximum absolute atomic E-state index is 12.2. The van der Waals surface area contributed by atoms with Crippen LogP contribution in [0.25, 0.3) is 0 Å². The van der Waals surface area contributed by atoms with Gasteiger partial charge in [-0.15, -0.1) is 0 Å². The van der Waals surface area contributed by atoms with Crippen LogP contribution < -0.4 is 10.1 Å². The molecule has 2 atom stereocenters. The zero-order valence-corrected chi connectivity index (χ0v) is 12.3. The van der Waals surface area contributed by atoms with E-state index in [2.05, 4.69) is 30.8 Å². The predicted molar refractivity (Wildman–Crippen MR) is 77.3 cm³/mol. The highest BCUT2D eigenvalue weighted by Crippen LogP contribution is 2.39. The van der Waals surface area contributed by atoms with E-state index >= 15 is 0 Å². The van der Waals surface area contributed by atoms with Crippen molar-refractivity contribution in [3.8, 4) is 5.75 Å². The summed E-state index contributed by atoms with van der Waals surface area (Å²) in [6.07, 6.45) is 3.47. The van der Waals surface area contributed by atoms with Crippen LogP contribution in [0, 0.1) is 11.3 Å². The van der Waals surface area contributed by atoms with E-state index in [0.717, 1.165) is 12.1 Å². The van der Waals surface area contributed by atoms with Crippen molar-refractivity contribution >= 4 is 5.69 Å². The number of hydrogen-bond donors (Lipinski definition) is 1. The molecular weight excluding hydrogens is 260 g/mol. The van der Waals surface area contributed by atoms with Gasteiger partial charge in [-0.2, -0.15) is 8.78 Å². The van der Waals surface area contributed by atoms with E-state index in [1.54, 1.807) is 18.2 Å². The normalized spacial score (nSPS) is 25.5. The van der Waals surface area contributed by atoms with Gasteiger partial charge in [-0.25, -0.2) is 0 Å². The number of nitrogens with one attached hydrogen (secondary N) is 1. The van der Waals surface area contributed by atoms with Crippen LogP contribution in [-0.4, -0.2) is 12.7 Å². The lowest BCUT2D eigenvalue weighted by Crippen LogP contribution is -2.36. The van der Waals surface area contributed by atoms with E-state index in [0.29, 0.717) is 17.4 Å². The fourth-order valence-corrected chi connectivity index (χ4v) is 3.14. The van der Waals surface area contributed by atoms with Crippen LogP contribution in [0.5, 0.6) is 5.75 Å². The molecule has 0 bridgehead atoms. The van der Waals surface area contributed by atoms with Crippen molar-refractivity contribution in [3.05, 3.63) is 24.3 Å². The first-order valence-corrected chi connectivity index (χ1v) is 7.17. The van der Waals surface area contributed by atoms with E-state index in [4.69, 9.17) is 0 Å². The molecule has 0 saturated heterocycles. The molecule has 0 heterocycles. The minimum Gasteiger partial charge on any atom is -0.435 e. The van der Waals surface area contributed by atoms with Crippen LogP contribution in [0.2, 0.25) is 0 Å². The topological polar surface area (TPSA) is 21.3 Å². The van der Waals surface area contributed by atoms with E-state index in [1.165, 1.54) is 12.8 Å². The van der Waals surface area contributed by atoms with Crippen molar-refractivity contribution in [1.29, 1.82) is 0 Å². The van der Waals surface area contributed by atoms with Gasteiger partial charge < -0.3 is 10.1 Å². The summed E-state index contributed by atoms with van der Waals surface area (Å²) in [5, 5.41) is 3.46. The molecule has 1 aliphatic rings. The maximum atomic E-state index is 12.2. The lowest BCUT2D eigenvalue weighted by atomic mass is 9.70. The van der Waals surface area contributed by atoms with Crippen LogP contribution in [0.3, 0.4) is 0 Å². The van der Waals surface area contributed by atoms with Crippen LogP contribution >= 0.6 is 0 Å². The summed E-state index contributed by atoms with van der Waals surface area (Å²) in [6, 6.07) is 7.20. The highest BCUT2D eigenvalue weighted by atomic mass is 19.3. The number of benzene rings is 1. The van der Waals surface area contributed by atoms with Gasteiger partial charge in [0.2, 0.25) is 0 Å². The zero-order chi connectivity index (χ0) is 14.8. The fourth-order valence-electron chi connectivity index (χ4n) is 3.14. The monoisotopic (exact) mass is 283 g/mol. The van der Waals surface area contributed by atoms with Crippen molar-refractivity contribution in [1.82, 2.24) is 0 Å². The Kier molecular flexibility index (Phi) is 4.51. The highest BCUT2D eigenvalue weighted by molar-refractivity contribution is 5.49. The summed E-state index contributed by atoms with van der Waals surface area (Å²) >= 11 is 0. The molecule has 2 rings (SSSR count). The average molecular weight is 283 g/mol. The second-order valence-electron chi connectivity index (χ2n) is 6.54. The number of hydrogen-bond acceptors (Lipinski definition) is 2. The lowest BCUT2D eigenvalue weighted by molar-refractivity contribution is -0.0498. The van der Waals surface area contributed by atoms with Crippen molar-refractivity contribution in [2.75, 3.05) is 5.32 Å². The molecule has 1 aliphatic carbocycles. The lowest BCUT2D eigenvalue weighted by Gasteiger charge is -2.40. The standard InChI is InChI=1S/C16H23F2NO/c1-11-10-16(2,3)8-7-14(11)19-12-5-4-6-13(9-12)20-15(17)18/h4-6,9,11,14-15,19H,7-8,10H2,1-3H3. The number of rotatable bonds is 4. The van der Waals surface area contributed by atoms with E-state index < -0.39 is 6.61 Å². The first-order chi connectivity index (χ1) is 9.35. The second kappa shape index (κ2) is 5.98. The molecule has 0 radical (unpaired) electrons. The van der Waals surface area contributed by atoms with Gasteiger partial charge in [-0.3, -0.25) is 0 Å². The van der Waals surface area contributed by atoms with Crippen molar-refractivity contribution in [2.24, 2.45) is 11.3 Å². The minimum atomic E-state index is -2.78. The first kappa shape index (κ1) is 15.1. The molecule has 4 heteroatoms. The van der Waals surface area contributed by atoms with Crippen molar-refractivity contribution in [3.63, 3.8) is 0 Å². The van der Waals surface area contributed by atoms with Gasteiger partial charge >= 0.3 is 6.61 Å². The molecule has 1 aromatic carbocycles. The molecule has 1 aromatic rings. The van der Waals surface area contributed by atoms with E-state index in [9.17, 15) is 8.78 Å². The number of alkyl halides is 2. The molecule has 0 aromatic heterocycles. The highest BCUT2D eigenvalue weighted by Gasteiger charge is 2.32. The molecule has 112 valence electrons. The van der Waals surface area contributed by atoms with Gasteiger partial charge in [0.25, 0.3) is 0 Å². The summed E-state index contributed by atoms with van der Waals surface area (Å²) in [7, 11) is 0. The van der Waals surface area contributed by atoms with Crippen molar-refractivity contribution in [2.45, 2.75) is 52.7 Å². The average Bonchev–Trinajstić information content (AvgIpc) is 2.32. The Hall–Kier alpha value is -1.32. The predicted octanol–water partition coefficient (Wildman–Crippen LogP) is 4.91. The third-order valence-electron chi connectivity index (χ3n) is 4.10. The van der Waals surface area contributed by atoms with Crippen molar-refractivity contribution < 1.29 is 13.5 Å². The van der Waals surface area contributed by atoms with Crippen LogP contribution in [0.4, 0.5) is 14.5 Å². The van der Waals surface area contributed by atoms with Gasteiger partial charge in [0, 0.05) is 17.8 Å². The second-order valence-corrected chi connectivity index (χ2v) is 6.54. The number of halogens is 2. The first-order valence-electron chi connectivity index (χ1n) is 7.17. The van der Waals surface area contributed by atoms with E-state index in [1.807, 2.05) is 6.07 Å². The fraction of sp³-hybridized carbons (Fsp3) is 0.625. The summed E-state index contributed by atoms with van der Waals surface area (Å²) in [5.74, 6) is 0.771. The number of ether oxygens (including phenoxy) is 1. The van der Waals surface area contributed by atoms with Gasteiger partial charge in [0.05, 0.1) is 0 Å². The molecule has 1 saturated carbocycles. The Morgan fingerprint density at radius 1 is 1.35 bits per heavy atom. The Balaban J connectivity index is 1.99. The zero-order valence-electron chi connectivity index (χ0n) is 12.3. The molecular formula is C16H23F2NO. The molecule has 0 amide bonds. The Labute approximate surface area is 119 Å². The molecule has 0 aliphatic heterocycles. The smallest absolute Gasteiger partial charge is 0.387 e. The maximum Gasteiger partial charge on any atom is 0.387 e. The molecule has 1 fully saturated rings. The van der Waals surface area contributed by atoms with Gasteiger partial charge in [0.1, 0.15) is 5.75 Å². The molecule has 0 spiro atoms. The molecule has 2 nitrogen and oxygen atoms in total. The third-order valence-corrected chi connectivity index (χ3v) is 4.10. The Morgan fingerprint density at radius 2 is 2.10 bits per heavy atom.